The van der Waals surface area contributed by atoms with E-state index in [0.29, 0.717) is 46.0 Å². The zero-order valence-corrected chi connectivity index (χ0v) is 72.5. The summed E-state index contributed by atoms with van der Waals surface area (Å²) in [5.41, 5.74) is 24.7. The Balaban J connectivity index is 0.000000445. The molecule has 2 N–H and O–H groups in total. The number of benzene rings is 10. The van der Waals surface area contributed by atoms with Crippen LogP contribution in [-0.4, -0.2) is 56.7 Å². The van der Waals surface area contributed by atoms with Crippen molar-refractivity contribution < 1.29 is 56.3 Å². The lowest BCUT2D eigenvalue weighted by Gasteiger charge is -2.39. The highest BCUT2D eigenvalue weighted by atomic mass is 28.5. The van der Waals surface area contributed by atoms with Gasteiger partial charge in [0.15, 0.2) is 39.6 Å². The van der Waals surface area contributed by atoms with Crippen molar-refractivity contribution in [3.63, 3.8) is 0 Å². The van der Waals surface area contributed by atoms with E-state index in [1.165, 1.54) is 55.6 Å². The SMILES string of the molecule is C.C.C.COc1c(C)cc(Oc2c(C)cccc2C)cc1C.COc1cc(CCC[Si](C)(C)O[Si](C)(C)O[Si](C)(C)CCCc2ccc(Oc3cc(C)c(Oc4cc(C)c(O)c(C)c4)c(C)c3)c(OC)c2)ccc1Oc1cc(C)c(Oc2cc(C)c(O)c(C)c2)c(C)c1.Cc1cc(-c2cc(C)c(C)c(C)c2)cc(C)c1C. The quantitative estimate of drug-likeness (QED) is 0.0500. The van der Waals surface area contributed by atoms with E-state index in [1.807, 2.05) is 148 Å². The van der Waals surface area contributed by atoms with Crippen LogP contribution < -0.4 is 37.9 Å². The van der Waals surface area contributed by atoms with Gasteiger partial charge in [0, 0.05) is 0 Å². The van der Waals surface area contributed by atoms with Gasteiger partial charge in [-0.25, -0.2) is 0 Å². The smallest absolute Gasteiger partial charge is 0.311 e. The average Bonchev–Trinajstić information content (AvgIpc) is 0.824. The molecule has 0 saturated heterocycles. The Bertz CT molecular complexity index is 4430. The molecule has 0 bridgehead atoms. The van der Waals surface area contributed by atoms with Crippen LogP contribution >= 0.6 is 0 Å². The molecule has 0 fully saturated rings. The van der Waals surface area contributed by atoms with Crippen LogP contribution in [0.4, 0.5) is 0 Å². The summed E-state index contributed by atoms with van der Waals surface area (Å²) < 4.78 is 62.4. The molecule has 0 unspecified atom stereocenters. The number of methoxy groups -OCH3 is 3. The molecule has 0 spiro atoms. The molecule has 0 amide bonds. The van der Waals surface area contributed by atoms with Gasteiger partial charge in [-0.15, -0.1) is 0 Å². The normalized spacial score (nSPS) is 11.2. The van der Waals surface area contributed by atoms with Crippen molar-refractivity contribution >= 4 is 25.2 Å². The van der Waals surface area contributed by atoms with Gasteiger partial charge in [0.05, 0.1) is 21.3 Å². The Hall–Kier alpha value is -9.23. The van der Waals surface area contributed by atoms with Crippen molar-refractivity contribution in [3.8, 4) is 97.4 Å². The maximum absolute atomic E-state index is 10.2. The van der Waals surface area contributed by atoms with E-state index in [1.54, 1.807) is 21.3 Å². The highest BCUT2D eigenvalue weighted by Crippen LogP contribution is 2.43. The van der Waals surface area contributed by atoms with Crippen molar-refractivity contribution in [2.45, 2.75) is 224 Å². The number of hydrogen-bond donors (Lipinski definition) is 2. The summed E-state index contributed by atoms with van der Waals surface area (Å²) in [4.78, 5) is 0. The van der Waals surface area contributed by atoms with E-state index in [2.05, 4.69) is 155 Å². The molecule has 12 nitrogen and oxygen atoms in total. The van der Waals surface area contributed by atoms with Crippen LogP contribution in [0.1, 0.15) is 146 Å². The average molecular weight is 1560 g/mol. The Morgan fingerprint density at radius 2 is 0.550 bits per heavy atom. The molecule has 0 radical (unpaired) electrons. The van der Waals surface area contributed by atoms with Crippen molar-refractivity contribution in [3.05, 3.63) is 251 Å². The minimum atomic E-state index is -2.41. The molecule has 0 atom stereocenters. The third-order valence-corrected chi connectivity index (χ3v) is 31.6. The van der Waals surface area contributed by atoms with E-state index in [9.17, 15) is 10.2 Å². The Labute approximate surface area is 670 Å². The van der Waals surface area contributed by atoms with Crippen LogP contribution in [-0.2, 0) is 21.1 Å². The molecule has 10 aromatic carbocycles. The third-order valence-electron chi connectivity index (χ3n) is 20.1. The summed E-state index contributed by atoms with van der Waals surface area (Å²) in [5, 5.41) is 20.4. The fraction of sp³-hybridized carbons (Fsp3) is 0.375. The summed E-state index contributed by atoms with van der Waals surface area (Å²) in [5.74, 6) is 10.3. The van der Waals surface area contributed by atoms with Crippen LogP contribution in [0.5, 0.6) is 86.2 Å². The van der Waals surface area contributed by atoms with Gasteiger partial charge in [0.1, 0.15) is 63.2 Å². The highest BCUT2D eigenvalue weighted by Gasteiger charge is 2.39. The van der Waals surface area contributed by atoms with E-state index in [4.69, 9.17) is 46.1 Å². The zero-order chi connectivity index (χ0) is 79.4. The minimum Gasteiger partial charge on any atom is -0.507 e. The third kappa shape index (κ3) is 24.9. The predicted molar refractivity (Wildman–Crippen MR) is 473 cm³/mol. The van der Waals surface area contributed by atoms with E-state index in [0.717, 1.165) is 133 Å². The fourth-order valence-corrected chi connectivity index (χ4v) is 28.3. The van der Waals surface area contributed by atoms with Crippen molar-refractivity contribution in [2.24, 2.45) is 0 Å². The molecular formula is C96H130O12Si3. The molecule has 0 aliphatic heterocycles. The second kappa shape index (κ2) is 39.8. The number of phenolic OH excluding ortho intramolecular Hbond substituents is 2. The summed E-state index contributed by atoms with van der Waals surface area (Å²) >= 11 is 0. The largest absolute Gasteiger partial charge is 0.507 e. The number of ether oxygens (including phenoxy) is 8. The molecule has 10 aromatic rings. The fourth-order valence-electron chi connectivity index (χ4n) is 14.3. The summed E-state index contributed by atoms with van der Waals surface area (Å²) in [6.45, 7) is 50.5. The molecule has 598 valence electrons. The van der Waals surface area contributed by atoms with Gasteiger partial charge >= 0.3 is 8.56 Å². The summed E-state index contributed by atoms with van der Waals surface area (Å²) in [7, 11) is -1.45. The van der Waals surface area contributed by atoms with Gasteiger partial charge in [0.25, 0.3) is 0 Å². The highest BCUT2D eigenvalue weighted by molar-refractivity contribution is 6.87. The number of para-hydroxylation sites is 1. The molecule has 111 heavy (non-hydrogen) atoms. The van der Waals surface area contributed by atoms with Crippen LogP contribution in [0.15, 0.2) is 140 Å². The lowest BCUT2D eigenvalue weighted by Crippen LogP contribution is -2.52. The van der Waals surface area contributed by atoms with Gasteiger partial charge in [-0.05, 0) is 409 Å². The van der Waals surface area contributed by atoms with Crippen LogP contribution in [0.2, 0.25) is 51.4 Å². The molecule has 0 aliphatic carbocycles. The van der Waals surface area contributed by atoms with Gasteiger partial charge in [-0.2, -0.15) is 0 Å². The first-order chi connectivity index (χ1) is 50.8. The van der Waals surface area contributed by atoms with Gasteiger partial charge in [-0.3, -0.25) is 0 Å². The first-order valence-electron chi connectivity index (χ1n) is 37.6. The lowest BCUT2D eigenvalue weighted by molar-refractivity contribution is 0.377. The van der Waals surface area contributed by atoms with E-state index < -0.39 is 25.2 Å². The molecular weight excluding hydrogens is 1430 g/mol. The van der Waals surface area contributed by atoms with Crippen molar-refractivity contribution in [2.75, 3.05) is 21.3 Å². The Morgan fingerprint density at radius 3 is 0.838 bits per heavy atom. The van der Waals surface area contributed by atoms with Gasteiger partial charge in [-0.1, -0.05) is 76.9 Å². The van der Waals surface area contributed by atoms with Crippen molar-refractivity contribution in [1.82, 2.24) is 0 Å². The topological polar surface area (TPSA) is 133 Å². The first kappa shape index (κ1) is 92.4. The first-order valence-corrected chi connectivity index (χ1v) is 46.7. The Kier molecular flexibility index (Phi) is 33.1. The summed E-state index contributed by atoms with van der Waals surface area (Å²) in [6, 6.07) is 49.1. The zero-order valence-electron chi connectivity index (χ0n) is 69.5. The van der Waals surface area contributed by atoms with Crippen molar-refractivity contribution in [1.29, 1.82) is 0 Å². The molecule has 0 heterocycles. The number of aryl methyl sites for hydroxylation is 18. The second-order valence-corrected chi connectivity index (χ2v) is 43.6. The Morgan fingerprint density at radius 1 is 0.279 bits per heavy atom. The molecule has 0 aromatic heterocycles. The second-order valence-electron chi connectivity index (χ2n) is 31.2. The predicted octanol–water partition coefficient (Wildman–Crippen LogP) is 28.3. The maximum atomic E-state index is 10.2. The number of rotatable bonds is 26. The summed E-state index contributed by atoms with van der Waals surface area (Å²) in [6.07, 6.45) is 3.82. The molecule has 15 heteroatoms. The van der Waals surface area contributed by atoms with E-state index in [-0.39, 0.29) is 33.8 Å². The minimum absolute atomic E-state index is 0. The number of phenols is 2. The number of hydrogen-bond acceptors (Lipinski definition) is 12. The van der Waals surface area contributed by atoms with E-state index >= 15 is 0 Å². The van der Waals surface area contributed by atoms with Gasteiger partial charge in [0.2, 0.25) is 0 Å². The monoisotopic (exact) mass is 1560 g/mol. The standard InChI is InChI=1S/C58H76O10Si3.C18H22.C17H20O2.3CH4/c1-37-27-49(28-38(2)55(37)59)65-57-41(5)31-47(32-42(57)6)63-51-23-21-45(35-53(51)61-9)19-17-25-69(11,12)67-71(15,16)68-70(13,14)26-18-20-46-22-24-52(54(36-46)62-10)64-48-33-43(7)58(44(8)34-48)66-50-29-39(3)56(60)40(4)30-50;1-11-7-17(8-12(2)15(11)5)18-9-13(3)16(6)14(4)10-18;1-11-7-6-8-12(2)17(11)19-15-9-13(3)16(18-5)14(4)10-15;;;/h21-24,27-36,59-60H,17-20,25-26H2,1-16H3;7-10H,1-6H3;6-10H,1-5H3;3*1H4. The van der Waals surface area contributed by atoms with Crippen LogP contribution in [0, 0.1) is 125 Å². The van der Waals surface area contributed by atoms with Crippen LogP contribution in [0.3, 0.4) is 0 Å². The molecule has 0 saturated carbocycles. The maximum Gasteiger partial charge on any atom is 0.311 e. The molecule has 0 aliphatic rings. The van der Waals surface area contributed by atoms with Gasteiger partial charge < -0.3 is 56.3 Å². The lowest BCUT2D eigenvalue weighted by atomic mass is 9.93. The number of aromatic hydroxyl groups is 2. The van der Waals surface area contributed by atoms with Crippen LogP contribution in [0.25, 0.3) is 11.1 Å². The molecule has 10 rings (SSSR count).